The van der Waals surface area contributed by atoms with Crippen molar-refractivity contribution >= 4 is 23.3 Å². The van der Waals surface area contributed by atoms with E-state index >= 15 is 0 Å². The van der Waals surface area contributed by atoms with Crippen LogP contribution in [0.3, 0.4) is 0 Å². The SMILES string of the molecule is CC(C)CC(O)C1CCN(C(=O)c2cn3cc(Cl)cnc3n2)CC1. The Morgan fingerprint density at radius 2 is 2.08 bits per heavy atom. The molecule has 2 aromatic heterocycles. The van der Waals surface area contributed by atoms with E-state index in [1.54, 1.807) is 16.8 Å². The van der Waals surface area contributed by atoms with Gasteiger partial charge in [-0.2, -0.15) is 0 Å². The van der Waals surface area contributed by atoms with Gasteiger partial charge in [0, 0.05) is 25.5 Å². The van der Waals surface area contributed by atoms with Gasteiger partial charge in [0.1, 0.15) is 5.69 Å². The Balaban J connectivity index is 1.64. The van der Waals surface area contributed by atoms with Crippen LogP contribution in [0, 0.1) is 11.8 Å². The van der Waals surface area contributed by atoms with Crippen molar-refractivity contribution in [3.63, 3.8) is 0 Å². The minimum Gasteiger partial charge on any atom is -0.393 e. The molecule has 0 saturated carbocycles. The first-order valence-corrected chi connectivity index (χ1v) is 8.79. The number of hydrogen-bond donors (Lipinski definition) is 1. The van der Waals surface area contributed by atoms with Gasteiger partial charge in [0.05, 0.1) is 17.3 Å². The number of aliphatic hydroxyl groups is 1. The summed E-state index contributed by atoms with van der Waals surface area (Å²) in [7, 11) is 0. The molecular formula is C17H23ClN4O2. The summed E-state index contributed by atoms with van der Waals surface area (Å²) in [5.74, 6) is 1.13. The number of imidazole rings is 1. The first-order valence-electron chi connectivity index (χ1n) is 8.41. The smallest absolute Gasteiger partial charge is 0.274 e. The van der Waals surface area contributed by atoms with Gasteiger partial charge < -0.3 is 10.0 Å². The summed E-state index contributed by atoms with van der Waals surface area (Å²) in [5.41, 5.74) is 0.381. The van der Waals surface area contributed by atoms with Gasteiger partial charge in [-0.05, 0) is 31.1 Å². The summed E-state index contributed by atoms with van der Waals surface area (Å²) in [5, 5.41) is 10.8. The topological polar surface area (TPSA) is 70.7 Å². The number of rotatable bonds is 4. The van der Waals surface area contributed by atoms with Gasteiger partial charge in [-0.1, -0.05) is 25.4 Å². The number of likely N-dealkylation sites (tertiary alicyclic amines) is 1. The van der Waals surface area contributed by atoms with Crippen molar-refractivity contribution in [1.29, 1.82) is 0 Å². The number of nitrogens with zero attached hydrogens (tertiary/aromatic N) is 4. The van der Waals surface area contributed by atoms with Gasteiger partial charge in [0.25, 0.3) is 5.91 Å². The predicted octanol–water partition coefficient (Wildman–Crippen LogP) is 2.64. The van der Waals surface area contributed by atoms with E-state index in [1.807, 2.05) is 4.90 Å². The predicted molar refractivity (Wildman–Crippen MR) is 92.1 cm³/mol. The molecule has 0 radical (unpaired) electrons. The lowest BCUT2D eigenvalue weighted by molar-refractivity contribution is 0.0382. The molecule has 1 aliphatic heterocycles. The second kappa shape index (κ2) is 7.07. The zero-order valence-electron chi connectivity index (χ0n) is 14.0. The van der Waals surface area contributed by atoms with Gasteiger partial charge in [0.15, 0.2) is 0 Å². The first kappa shape index (κ1) is 17.2. The number of hydrogen-bond acceptors (Lipinski definition) is 4. The Bertz CT molecular complexity index is 722. The number of amides is 1. The van der Waals surface area contributed by atoms with Crippen LogP contribution in [0.25, 0.3) is 5.78 Å². The molecule has 1 atom stereocenters. The van der Waals surface area contributed by atoms with Gasteiger partial charge in [-0.25, -0.2) is 9.97 Å². The lowest BCUT2D eigenvalue weighted by Gasteiger charge is -2.34. The molecule has 2 aromatic rings. The van der Waals surface area contributed by atoms with Crippen molar-refractivity contribution in [2.24, 2.45) is 11.8 Å². The van der Waals surface area contributed by atoms with Crippen LogP contribution in [0.4, 0.5) is 0 Å². The molecule has 130 valence electrons. The summed E-state index contributed by atoms with van der Waals surface area (Å²) in [6.07, 6.45) is 7.06. The van der Waals surface area contributed by atoms with E-state index in [1.165, 1.54) is 6.20 Å². The number of carbonyl (C=O) groups is 1. The van der Waals surface area contributed by atoms with E-state index in [-0.39, 0.29) is 17.9 Å². The van der Waals surface area contributed by atoms with Crippen molar-refractivity contribution < 1.29 is 9.90 Å². The minimum atomic E-state index is -0.274. The molecule has 6 nitrogen and oxygen atoms in total. The molecule has 0 spiro atoms. The summed E-state index contributed by atoms with van der Waals surface area (Å²) >= 11 is 5.91. The third kappa shape index (κ3) is 3.70. The monoisotopic (exact) mass is 350 g/mol. The fourth-order valence-electron chi connectivity index (χ4n) is 3.29. The molecule has 0 aromatic carbocycles. The molecule has 3 rings (SSSR count). The zero-order valence-corrected chi connectivity index (χ0v) is 14.8. The number of halogens is 1. The molecule has 3 heterocycles. The molecule has 7 heteroatoms. The molecule has 1 unspecified atom stereocenters. The Morgan fingerprint density at radius 3 is 2.75 bits per heavy atom. The van der Waals surface area contributed by atoms with Crippen LogP contribution in [0.5, 0.6) is 0 Å². The third-order valence-corrected chi connectivity index (χ3v) is 4.78. The average molecular weight is 351 g/mol. The van der Waals surface area contributed by atoms with E-state index in [0.29, 0.717) is 35.5 Å². The summed E-state index contributed by atoms with van der Waals surface area (Å²) < 4.78 is 1.66. The number of carbonyl (C=O) groups excluding carboxylic acids is 1. The lowest BCUT2D eigenvalue weighted by atomic mass is 9.87. The largest absolute Gasteiger partial charge is 0.393 e. The number of aliphatic hydroxyl groups excluding tert-OH is 1. The normalized spacial score (nSPS) is 17.6. The van der Waals surface area contributed by atoms with Crippen molar-refractivity contribution in [1.82, 2.24) is 19.3 Å². The molecular weight excluding hydrogens is 328 g/mol. The van der Waals surface area contributed by atoms with Crippen molar-refractivity contribution in [3.8, 4) is 0 Å². The number of piperidine rings is 1. The quantitative estimate of drug-likeness (QED) is 0.920. The first-order chi connectivity index (χ1) is 11.4. The second-order valence-electron chi connectivity index (χ2n) is 6.93. The van der Waals surface area contributed by atoms with Crippen LogP contribution in [-0.4, -0.2) is 49.5 Å². The van der Waals surface area contributed by atoms with E-state index in [4.69, 9.17) is 11.6 Å². The summed E-state index contributed by atoms with van der Waals surface area (Å²) in [6.45, 7) is 5.54. The average Bonchev–Trinajstić information content (AvgIpc) is 2.96. The zero-order chi connectivity index (χ0) is 17.3. The fraction of sp³-hybridized carbons (Fsp3) is 0.588. The fourth-order valence-corrected chi connectivity index (χ4v) is 3.44. The maximum atomic E-state index is 12.6. The molecule has 0 aliphatic carbocycles. The second-order valence-corrected chi connectivity index (χ2v) is 7.37. The Hall–Kier alpha value is -1.66. The highest BCUT2D eigenvalue weighted by Crippen LogP contribution is 2.25. The highest BCUT2D eigenvalue weighted by molar-refractivity contribution is 6.30. The Kier molecular flexibility index (Phi) is 5.06. The molecule has 1 N–H and O–H groups in total. The highest BCUT2D eigenvalue weighted by atomic mass is 35.5. The molecule has 24 heavy (non-hydrogen) atoms. The van der Waals surface area contributed by atoms with Crippen LogP contribution in [0.1, 0.15) is 43.6 Å². The van der Waals surface area contributed by atoms with E-state index < -0.39 is 0 Å². The van der Waals surface area contributed by atoms with Gasteiger partial charge in [-0.15, -0.1) is 0 Å². The van der Waals surface area contributed by atoms with E-state index in [0.717, 1.165) is 19.3 Å². The van der Waals surface area contributed by atoms with Crippen LogP contribution in [0.2, 0.25) is 5.02 Å². The molecule has 1 aliphatic rings. The summed E-state index contributed by atoms with van der Waals surface area (Å²) in [6, 6.07) is 0. The van der Waals surface area contributed by atoms with Crippen molar-refractivity contribution in [2.75, 3.05) is 13.1 Å². The van der Waals surface area contributed by atoms with Crippen LogP contribution >= 0.6 is 11.6 Å². The Morgan fingerprint density at radius 1 is 1.38 bits per heavy atom. The van der Waals surface area contributed by atoms with E-state index in [9.17, 15) is 9.90 Å². The van der Waals surface area contributed by atoms with Gasteiger partial charge in [-0.3, -0.25) is 9.20 Å². The maximum Gasteiger partial charge on any atom is 0.274 e. The van der Waals surface area contributed by atoms with E-state index in [2.05, 4.69) is 23.8 Å². The molecule has 1 saturated heterocycles. The maximum absolute atomic E-state index is 12.6. The summed E-state index contributed by atoms with van der Waals surface area (Å²) in [4.78, 5) is 22.8. The minimum absolute atomic E-state index is 0.0894. The van der Waals surface area contributed by atoms with Gasteiger partial charge >= 0.3 is 0 Å². The number of aromatic nitrogens is 3. The number of fused-ring (bicyclic) bond motifs is 1. The van der Waals surface area contributed by atoms with Crippen LogP contribution in [-0.2, 0) is 0 Å². The third-order valence-electron chi connectivity index (χ3n) is 4.58. The molecule has 1 amide bonds. The molecule has 1 fully saturated rings. The van der Waals surface area contributed by atoms with Crippen molar-refractivity contribution in [2.45, 2.75) is 39.2 Å². The lowest BCUT2D eigenvalue weighted by Crippen LogP contribution is -2.41. The standard InChI is InChI=1S/C17H23ClN4O2/c1-11(2)7-15(23)12-3-5-21(6-4-12)16(24)14-10-22-9-13(18)8-19-17(22)20-14/h8-12,15,23H,3-7H2,1-2H3. The van der Waals surface area contributed by atoms with Crippen LogP contribution in [0.15, 0.2) is 18.6 Å². The molecule has 0 bridgehead atoms. The van der Waals surface area contributed by atoms with Crippen molar-refractivity contribution in [3.05, 3.63) is 29.3 Å². The Labute approximate surface area is 146 Å². The van der Waals surface area contributed by atoms with Crippen LogP contribution < -0.4 is 0 Å². The highest BCUT2D eigenvalue weighted by Gasteiger charge is 2.29. The van der Waals surface area contributed by atoms with Gasteiger partial charge in [0.2, 0.25) is 5.78 Å².